The zero-order valence-corrected chi connectivity index (χ0v) is 19.5. The van der Waals surface area contributed by atoms with Gasteiger partial charge in [-0.15, -0.1) is 0 Å². The van der Waals surface area contributed by atoms with Gasteiger partial charge < -0.3 is 10.1 Å². The molecule has 0 bridgehead atoms. The quantitative estimate of drug-likeness (QED) is 0.564. The Morgan fingerprint density at radius 1 is 1.03 bits per heavy atom. The number of rotatable bonds is 6. The molecule has 4 heterocycles. The molecule has 0 spiro atoms. The van der Waals surface area contributed by atoms with Crippen LogP contribution >= 0.6 is 11.9 Å². The number of pyridine rings is 2. The average molecular weight is 450 g/mol. The molecule has 0 amide bonds. The van der Waals surface area contributed by atoms with Gasteiger partial charge in [0, 0.05) is 67.5 Å². The van der Waals surface area contributed by atoms with Crippen LogP contribution in [-0.4, -0.2) is 70.9 Å². The van der Waals surface area contributed by atoms with Crippen LogP contribution in [0.2, 0.25) is 0 Å². The molecule has 32 heavy (non-hydrogen) atoms. The third-order valence-electron chi connectivity index (χ3n) is 6.45. The van der Waals surface area contributed by atoms with E-state index in [1.165, 1.54) is 5.56 Å². The zero-order valence-electron chi connectivity index (χ0n) is 18.7. The summed E-state index contributed by atoms with van der Waals surface area (Å²) in [6, 6.07) is 13.5. The van der Waals surface area contributed by atoms with Crippen LogP contribution in [-0.2, 0) is 11.3 Å². The SMILES string of the molecule is CSN1CCC(Nc2cc3c(-c4ccc(CN5CCOCC5)cc4)nccc3cn2)CC1. The predicted molar refractivity (Wildman–Crippen MR) is 133 cm³/mol. The molecule has 3 aromatic rings. The van der Waals surface area contributed by atoms with Gasteiger partial charge in [-0.05, 0) is 36.8 Å². The number of piperidine rings is 1. The van der Waals surface area contributed by atoms with Gasteiger partial charge in [0.25, 0.3) is 0 Å². The Morgan fingerprint density at radius 3 is 2.56 bits per heavy atom. The van der Waals surface area contributed by atoms with Crippen LogP contribution in [0.1, 0.15) is 18.4 Å². The maximum absolute atomic E-state index is 5.46. The molecular formula is C25H31N5OS. The molecule has 168 valence electrons. The fourth-order valence-electron chi connectivity index (χ4n) is 4.55. The van der Waals surface area contributed by atoms with E-state index < -0.39 is 0 Å². The van der Waals surface area contributed by atoms with Crippen LogP contribution in [0.5, 0.6) is 0 Å². The van der Waals surface area contributed by atoms with E-state index in [0.29, 0.717) is 6.04 Å². The Morgan fingerprint density at radius 2 is 1.81 bits per heavy atom. The van der Waals surface area contributed by atoms with E-state index in [1.807, 2.05) is 30.4 Å². The molecule has 0 saturated carbocycles. The second kappa shape index (κ2) is 10.2. The summed E-state index contributed by atoms with van der Waals surface area (Å²) in [4.78, 5) is 11.9. The Hall–Kier alpha value is -2.19. The summed E-state index contributed by atoms with van der Waals surface area (Å²) < 4.78 is 7.89. The molecule has 2 saturated heterocycles. The predicted octanol–water partition coefficient (Wildman–Crippen LogP) is 4.28. The van der Waals surface area contributed by atoms with Gasteiger partial charge in [-0.25, -0.2) is 4.98 Å². The van der Waals surface area contributed by atoms with Crippen molar-refractivity contribution in [2.45, 2.75) is 25.4 Å². The summed E-state index contributed by atoms with van der Waals surface area (Å²) in [7, 11) is 0. The molecule has 0 aliphatic carbocycles. The van der Waals surface area contributed by atoms with Crippen molar-refractivity contribution in [2.75, 3.05) is 51.0 Å². The standard InChI is InChI=1S/C25H31N5OS/c1-32-30-10-7-22(8-11-30)28-24-16-23-21(17-27-24)6-9-26-25(23)20-4-2-19(3-5-20)18-29-12-14-31-15-13-29/h2-6,9,16-17,22H,7-8,10-15,18H2,1H3,(H,27,28). The fraction of sp³-hybridized carbons (Fsp3) is 0.440. The van der Waals surface area contributed by atoms with Crippen molar-refractivity contribution in [3.63, 3.8) is 0 Å². The Kier molecular flexibility index (Phi) is 6.88. The number of morpholine rings is 1. The van der Waals surface area contributed by atoms with Gasteiger partial charge >= 0.3 is 0 Å². The molecular weight excluding hydrogens is 418 g/mol. The first-order valence-corrected chi connectivity index (χ1v) is 12.7. The summed E-state index contributed by atoms with van der Waals surface area (Å²) in [5.41, 5.74) is 3.49. The number of fused-ring (bicyclic) bond motifs is 1. The molecule has 5 rings (SSSR count). The number of hydrogen-bond donors (Lipinski definition) is 1. The third kappa shape index (κ3) is 5.07. The van der Waals surface area contributed by atoms with E-state index in [-0.39, 0.29) is 0 Å². The highest BCUT2D eigenvalue weighted by Gasteiger charge is 2.19. The van der Waals surface area contributed by atoms with Crippen LogP contribution < -0.4 is 5.32 Å². The van der Waals surface area contributed by atoms with Gasteiger partial charge in [0.05, 0.1) is 18.9 Å². The van der Waals surface area contributed by atoms with Crippen molar-refractivity contribution >= 4 is 28.5 Å². The van der Waals surface area contributed by atoms with Crippen molar-refractivity contribution in [1.29, 1.82) is 0 Å². The summed E-state index contributed by atoms with van der Waals surface area (Å²) >= 11 is 1.84. The molecule has 1 aromatic carbocycles. The van der Waals surface area contributed by atoms with Crippen molar-refractivity contribution in [3.05, 3.63) is 54.4 Å². The van der Waals surface area contributed by atoms with Crippen molar-refractivity contribution in [1.82, 2.24) is 19.2 Å². The van der Waals surface area contributed by atoms with Crippen LogP contribution in [0.4, 0.5) is 5.82 Å². The van der Waals surface area contributed by atoms with Gasteiger partial charge in [0.2, 0.25) is 0 Å². The number of benzene rings is 1. The monoisotopic (exact) mass is 449 g/mol. The second-order valence-corrected chi connectivity index (χ2v) is 9.45. The maximum atomic E-state index is 5.46. The first-order chi connectivity index (χ1) is 15.8. The lowest BCUT2D eigenvalue weighted by Crippen LogP contribution is -2.35. The van der Waals surface area contributed by atoms with Crippen LogP contribution in [0.25, 0.3) is 22.0 Å². The second-order valence-electron chi connectivity index (χ2n) is 8.57. The van der Waals surface area contributed by atoms with E-state index in [9.17, 15) is 0 Å². The minimum atomic E-state index is 0.475. The topological polar surface area (TPSA) is 53.5 Å². The highest BCUT2D eigenvalue weighted by Crippen LogP contribution is 2.29. The van der Waals surface area contributed by atoms with Gasteiger partial charge in [-0.2, -0.15) is 0 Å². The van der Waals surface area contributed by atoms with Crippen LogP contribution in [0, 0.1) is 0 Å². The van der Waals surface area contributed by atoms with E-state index in [2.05, 4.69) is 56.1 Å². The third-order valence-corrected chi connectivity index (χ3v) is 7.33. The van der Waals surface area contributed by atoms with E-state index >= 15 is 0 Å². The first kappa shape index (κ1) is 21.6. The van der Waals surface area contributed by atoms with Crippen LogP contribution in [0.15, 0.2) is 48.8 Å². The van der Waals surface area contributed by atoms with Crippen molar-refractivity contribution < 1.29 is 4.74 Å². The Labute approximate surface area is 194 Å². The molecule has 2 aliphatic rings. The van der Waals surface area contributed by atoms with Gasteiger partial charge in [0.1, 0.15) is 5.82 Å². The van der Waals surface area contributed by atoms with Gasteiger partial charge in [0.15, 0.2) is 0 Å². The average Bonchev–Trinajstić information content (AvgIpc) is 2.85. The Balaban J connectivity index is 1.33. The summed E-state index contributed by atoms with van der Waals surface area (Å²) in [6.45, 7) is 6.89. The molecule has 7 heteroatoms. The normalized spacial score (nSPS) is 18.8. The largest absolute Gasteiger partial charge is 0.379 e. The smallest absolute Gasteiger partial charge is 0.126 e. The van der Waals surface area contributed by atoms with E-state index in [0.717, 1.165) is 86.6 Å². The number of anilines is 1. The lowest BCUT2D eigenvalue weighted by molar-refractivity contribution is 0.0342. The van der Waals surface area contributed by atoms with Gasteiger partial charge in [-0.1, -0.05) is 36.2 Å². The molecule has 2 aromatic heterocycles. The summed E-state index contributed by atoms with van der Waals surface area (Å²) in [6.07, 6.45) is 8.29. The molecule has 0 atom stereocenters. The number of aromatic nitrogens is 2. The highest BCUT2D eigenvalue weighted by molar-refractivity contribution is 7.96. The minimum Gasteiger partial charge on any atom is -0.379 e. The zero-order chi connectivity index (χ0) is 21.8. The van der Waals surface area contributed by atoms with Crippen molar-refractivity contribution in [2.24, 2.45) is 0 Å². The number of ether oxygens (including phenoxy) is 1. The molecule has 1 N–H and O–H groups in total. The van der Waals surface area contributed by atoms with E-state index in [1.54, 1.807) is 0 Å². The summed E-state index contributed by atoms with van der Waals surface area (Å²) in [5.74, 6) is 0.943. The lowest BCUT2D eigenvalue weighted by Gasteiger charge is -2.30. The number of nitrogens with zero attached hydrogens (tertiary/aromatic N) is 4. The highest BCUT2D eigenvalue weighted by atomic mass is 32.2. The molecule has 6 nitrogen and oxygen atoms in total. The summed E-state index contributed by atoms with van der Waals surface area (Å²) in [5, 5.41) is 5.93. The fourth-order valence-corrected chi connectivity index (χ4v) is 5.13. The molecule has 0 unspecified atom stereocenters. The molecule has 2 fully saturated rings. The van der Waals surface area contributed by atoms with Gasteiger partial charge in [-0.3, -0.25) is 14.2 Å². The van der Waals surface area contributed by atoms with E-state index in [4.69, 9.17) is 9.72 Å². The lowest BCUT2D eigenvalue weighted by atomic mass is 10.0. The minimum absolute atomic E-state index is 0.475. The number of nitrogens with one attached hydrogen (secondary N) is 1. The maximum Gasteiger partial charge on any atom is 0.126 e. The van der Waals surface area contributed by atoms with Crippen molar-refractivity contribution in [3.8, 4) is 11.3 Å². The Bertz CT molecular complexity index is 1030. The van der Waals surface area contributed by atoms with Crippen LogP contribution in [0.3, 0.4) is 0 Å². The molecule has 0 radical (unpaired) electrons. The number of hydrogen-bond acceptors (Lipinski definition) is 7. The molecule has 2 aliphatic heterocycles. The first-order valence-electron chi connectivity index (χ1n) is 11.5.